The lowest BCUT2D eigenvalue weighted by molar-refractivity contribution is -0.229. The van der Waals surface area contributed by atoms with Crippen LogP contribution in [-0.4, -0.2) is 34.0 Å². The van der Waals surface area contributed by atoms with Gasteiger partial charge in [-0.05, 0) is 44.4 Å². The molecule has 2 aliphatic carbocycles. The molecular weight excluding hydrogens is 268 g/mol. The van der Waals surface area contributed by atoms with Crippen LogP contribution in [0, 0.1) is 23.2 Å². The highest BCUT2D eigenvalue weighted by atomic mass is 16.5. The minimum absolute atomic E-state index is 0.209. The van der Waals surface area contributed by atoms with E-state index in [-0.39, 0.29) is 29.3 Å². The van der Waals surface area contributed by atoms with Crippen LogP contribution in [0.2, 0.25) is 0 Å². The molecule has 2 aliphatic rings. The lowest BCUT2D eigenvalue weighted by Gasteiger charge is -2.59. The number of fused-ring (bicyclic) bond motifs is 1. The number of carbonyl (C=O) groups excluding carboxylic acids is 1. The number of aliphatic hydroxyl groups is 2. The predicted molar refractivity (Wildman–Crippen MR) is 80.6 cm³/mol. The van der Waals surface area contributed by atoms with Gasteiger partial charge in [0.05, 0.1) is 11.7 Å². The second-order valence-corrected chi connectivity index (χ2v) is 7.92. The monoisotopic (exact) mass is 298 g/mol. The maximum atomic E-state index is 11.6. The summed E-state index contributed by atoms with van der Waals surface area (Å²) in [6.07, 6.45) is 2.21. The predicted octanol–water partition coefficient (Wildman–Crippen LogP) is 2.51. The van der Waals surface area contributed by atoms with Crippen LogP contribution < -0.4 is 0 Å². The molecule has 0 bridgehead atoms. The average molecular weight is 298 g/mol. The van der Waals surface area contributed by atoms with E-state index in [4.69, 9.17) is 4.74 Å². The van der Waals surface area contributed by atoms with Crippen molar-refractivity contribution in [1.82, 2.24) is 0 Å². The lowest BCUT2D eigenvalue weighted by Crippen LogP contribution is -2.64. The van der Waals surface area contributed by atoms with E-state index in [0.29, 0.717) is 18.8 Å². The molecule has 2 fully saturated rings. The van der Waals surface area contributed by atoms with Crippen molar-refractivity contribution in [3.63, 3.8) is 0 Å². The zero-order chi connectivity index (χ0) is 16.0. The molecule has 2 N–H and O–H groups in total. The number of rotatable bonds is 2. The van der Waals surface area contributed by atoms with E-state index in [9.17, 15) is 15.0 Å². The van der Waals surface area contributed by atoms with Crippen molar-refractivity contribution in [1.29, 1.82) is 0 Å². The van der Waals surface area contributed by atoms with E-state index in [2.05, 4.69) is 13.8 Å². The standard InChI is InChI=1S/C17H30O4/c1-10(2)12-6-8-16(4)13(19)7-9-17(5,20)15(16)14(12)21-11(3)18/h10,12-15,19-20H,6-9H2,1-5H3/t12-,13-,14+,15?,16-,17+/m0/s1. The summed E-state index contributed by atoms with van der Waals surface area (Å²) in [4.78, 5) is 11.6. The van der Waals surface area contributed by atoms with Gasteiger partial charge in [0.15, 0.2) is 0 Å². The smallest absolute Gasteiger partial charge is 0.302 e. The average Bonchev–Trinajstić information content (AvgIpc) is 2.33. The van der Waals surface area contributed by atoms with Crippen LogP contribution in [0.25, 0.3) is 0 Å². The number of carbonyl (C=O) groups is 1. The second kappa shape index (κ2) is 5.54. The Labute approximate surface area is 127 Å². The van der Waals surface area contributed by atoms with Gasteiger partial charge in [0.25, 0.3) is 0 Å². The topological polar surface area (TPSA) is 66.8 Å². The van der Waals surface area contributed by atoms with E-state index in [1.807, 2.05) is 13.8 Å². The first-order valence-electron chi connectivity index (χ1n) is 8.17. The van der Waals surface area contributed by atoms with Gasteiger partial charge in [0.1, 0.15) is 6.10 Å². The van der Waals surface area contributed by atoms with E-state index >= 15 is 0 Å². The number of esters is 1. The van der Waals surface area contributed by atoms with E-state index in [1.165, 1.54) is 6.92 Å². The molecule has 4 heteroatoms. The number of aliphatic hydroxyl groups excluding tert-OH is 1. The third-order valence-corrected chi connectivity index (χ3v) is 5.99. The van der Waals surface area contributed by atoms with Crippen LogP contribution in [0.4, 0.5) is 0 Å². The SMILES string of the molecule is CC(=O)O[C@H]1C2[C@](C)(O)CC[C@H](O)[C@]2(C)CC[C@H]1C(C)C. The maximum Gasteiger partial charge on any atom is 0.302 e. The third-order valence-electron chi connectivity index (χ3n) is 5.99. The molecule has 0 spiro atoms. The Morgan fingerprint density at radius 3 is 2.38 bits per heavy atom. The van der Waals surface area contributed by atoms with Crippen LogP contribution in [0.3, 0.4) is 0 Å². The van der Waals surface area contributed by atoms with Gasteiger partial charge in [-0.3, -0.25) is 4.79 Å². The second-order valence-electron chi connectivity index (χ2n) is 7.92. The van der Waals surface area contributed by atoms with Crippen molar-refractivity contribution in [2.24, 2.45) is 23.2 Å². The van der Waals surface area contributed by atoms with Gasteiger partial charge in [0, 0.05) is 18.3 Å². The van der Waals surface area contributed by atoms with Crippen molar-refractivity contribution in [2.45, 2.75) is 78.1 Å². The maximum absolute atomic E-state index is 11.6. The normalized spacial score (nSPS) is 47.0. The number of hydrogen-bond donors (Lipinski definition) is 2. The molecule has 2 rings (SSSR count). The fourth-order valence-electron chi connectivity index (χ4n) is 4.83. The van der Waals surface area contributed by atoms with Crippen molar-refractivity contribution < 1.29 is 19.7 Å². The van der Waals surface area contributed by atoms with Crippen LogP contribution in [0.1, 0.15) is 60.3 Å². The zero-order valence-electron chi connectivity index (χ0n) is 13.9. The molecule has 21 heavy (non-hydrogen) atoms. The molecule has 2 saturated carbocycles. The molecule has 0 heterocycles. The number of ether oxygens (including phenoxy) is 1. The molecule has 0 radical (unpaired) electrons. The van der Waals surface area contributed by atoms with Crippen molar-refractivity contribution in [3.8, 4) is 0 Å². The molecule has 122 valence electrons. The molecule has 4 nitrogen and oxygen atoms in total. The summed E-state index contributed by atoms with van der Waals surface area (Å²) < 4.78 is 5.67. The highest BCUT2D eigenvalue weighted by Gasteiger charge is 2.60. The van der Waals surface area contributed by atoms with Gasteiger partial charge in [0.2, 0.25) is 0 Å². The fourth-order valence-corrected chi connectivity index (χ4v) is 4.83. The van der Waals surface area contributed by atoms with Crippen molar-refractivity contribution in [3.05, 3.63) is 0 Å². The number of hydrogen-bond acceptors (Lipinski definition) is 4. The van der Waals surface area contributed by atoms with Crippen molar-refractivity contribution in [2.75, 3.05) is 0 Å². The van der Waals surface area contributed by atoms with Gasteiger partial charge in [-0.15, -0.1) is 0 Å². The summed E-state index contributed by atoms with van der Waals surface area (Å²) in [5, 5.41) is 21.5. The van der Waals surface area contributed by atoms with E-state index in [1.54, 1.807) is 0 Å². The summed E-state index contributed by atoms with van der Waals surface area (Å²) in [6, 6.07) is 0. The Bertz CT molecular complexity index is 404. The summed E-state index contributed by atoms with van der Waals surface area (Å²) in [5.41, 5.74) is -1.28. The fraction of sp³-hybridized carbons (Fsp3) is 0.941. The molecule has 0 aromatic carbocycles. The first kappa shape index (κ1) is 16.8. The summed E-state index contributed by atoms with van der Waals surface area (Å²) >= 11 is 0. The minimum Gasteiger partial charge on any atom is -0.462 e. The van der Waals surface area contributed by atoms with E-state index < -0.39 is 11.7 Å². The van der Waals surface area contributed by atoms with Crippen LogP contribution in [0.5, 0.6) is 0 Å². The lowest BCUT2D eigenvalue weighted by atomic mass is 9.50. The quantitative estimate of drug-likeness (QED) is 0.769. The first-order chi connectivity index (χ1) is 9.59. The molecule has 0 amide bonds. The van der Waals surface area contributed by atoms with Crippen LogP contribution in [0.15, 0.2) is 0 Å². The van der Waals surface area contributed by atoms with Gasteiger partial charge in [-0.1, -0.05) is 20.8 Å². The molecule has 1 unspecified atom stereocenters. The highest BCUT2D eigenvalue weighted by molar-refractivity contribution is 5.66. The van der Waals surface area contributed by atoms with Crippen LogP contribution in [-0.2, 0) is 9.53 Å². The molecule has 6 atom stereocenters. The third kappa shape index (κ3) is 2.85. The Kier molecular flexibility index (Phi) is 4.42. The Balaban J connectivity index is 2.43. The summed E-state index contributed by atoms with van der Waals surface area (Å²) in [5.74, 6) is 0.113. The van der Waals surface area contributed by atoms with Gasteiger partial charge in [-0.2, -0.15) is 0 Å². The highest BCUT2D eigenvalue weighted by Crippen LogP contribution is 2.57. The largest absolute Gasteiger partial charge is 0.462 e. The Morgan fingerprint density at radius 2 is 1.86 bits per heavy atom. The Morgan fingerprint density at radius 1 is 1.24 bits per heavy atom. The minimum atomic E-state index is -0.901. The van der Waals surface area contributed by atoms with Gasteiger partial charge in [-0.25, -0.2) is 0 Å². The molecule has 0 aromatic rings. The van der Waals surface area contributed by atoms with E-state index in [0.717, 1.165) is 12.8 Å². The summed E-state index contributed by atoms with van der Waals surface area (Å²) in [7, 11) is 0. The molecular formula is C17H30O4. The van der Waals surface area contributed by atoms with Gasteiger partial charge >= 0.3 is 5.97 Å². The Hall–Kier alpha value is -0.610. The molecule has 0 saturated heterocycles. The molecule has 0 aliphatic heterocycles. The van der Waals surface area contributed by atoms with Crippen LogP contribution >= 0.6 is 0 Å². The van der Waals surface area contributed by atoms with Gasteiger partial charge < -0.3 is 14.9 Å². The first-order valence-corrected chi connectivity index (χ1v) is 8.17. The molecule has 0 aromatic heterocycles. The summed E-state index contributed by atoms with van der Waals surface area (Å²) in [6.45, 7) is 9.58. The van der Waals surface area contributed by atoms with Crippen molar-refractivity contribution >= 4 is 5.97 Å². The zero-order valence-corrected chi connectivity index (χ0v) is 13.9.